The SMILES string of the molecule is C#CC(CCS(C)(=O)=O)NC(=O)OC(C)(C)C. The number of carbonyl (C=O) groups is 1. The van der Waals surface area contributed by atoms with Crippen LogP contribution in [0, 0.1) is 12.3 Å². The Kier molecular flexibility index (Phi) is 5.49. The van der Waals surface area contributed by atoms with Gasteiger partial charge in [0.15, 0.2) is 0 Å². The van der Waals surface area contributed by atoms with Crippen LogP contribution >= 0.6 is 0 Å². The molecule has 1 amide bonds. The molecule has 0 aliphatic carbocycles. The van der Waals surface area contributed by atoms with Crippen molar-refractivity contribution in [3.8, 4) is 12.3 Å². The molecule has 1 atom stereocenters. The van der Waals surface area contributed by atoms with Crippen LogP contribution in [0.5, 0.6) is 0 Å². The first kappa shape index (κ1) is 15.8. The fourth-order valence-electron chi connectivity index (χ4n) is 0.979. The largest absolute Gasteiger partial charge is 0.444 e. The Balaban J connectivity index is 4.25. The van der Waals surface area contributed by atoms with E-state index in [0.717, 1.165) is 6.26 Å². The molecule has 0 heterocycles. The van der Waals surface area contributed by atoms with E-state index in [2.05, 4.69) is 11.2 Å². The van der Waals surface area contributed by atoms with Gasteiger partial charge in [-0.15, -0.1) is 6.42 Å². The van der Waals surface area contributed by atoms with E-state index in [-0.39, 0.29) is 12.2 Å². The molecule has 0 saturated heterocycles. The highest BCUT2D eigenvalue weighted by atomic mass is 32.2. The van der Waals surface area contributed by atoms with Crippen molar-refractivity contribution in [3.63, 3.8) is 0 Å². The molecule has 5 nitrogen and oxygen atoms in total. The number of terminal acetylenes is 1. The van der Waals surface area contributed by atoms with Crippen molar-refractivity contribution < 1.29 is 17.9 Å². The highest BCUT2D eigenvalue weighted by Crippen LogP contribution is 2.07. The number of nitrogens with one attached hydrogen (secondary N) is 1. The first-order valence-corrected chi connectivity index (χ1v) is 7.23. The molecule has 0 aromatic heterocycles. The lowest BCUT2D eigenvalue weighted by Gasteiger charge is -2.21. The van der Waals surface area contributed by atoms with Crippen LogP contribution in [0.1, 0.15) is 27.2 Å². The number of hydrogen-bond acceptors (Lipinski definition) is 4. The average molecular weight is 261 g/mol. The van der Waals surface area contributed by atoms with Crippen LogP contribution in [0.15, 0.2) is 0 Å². The Bertz CT molecular complexity index is 400. The maximum absolute atomic E-state index is 11.4. The molecule has 0 rings (SSSR count). The third-order valence-corrected chi connectivity index (χ3v) is 2.65. The van der Waals surface area contributed by atoms with Crippen molar-refractivity contribution in [1.82, 2.24) is 5.32 Å². The molecule has 0 spiro atoms. The van der Waals surface area contributed by atoms with E-state index >= 15 is 0 Å². The molecule has 98 valence electrons. The molecule has 0 saturated carbocycles. The van der Waals surface area contributed by atoms with Crippen molar-refractivity contribution in [2.75, 3.05) is 12.0 Å². The summed E-state index contributed by atoms with van der Waals surface area (Å²) in [5.74, 6) is 2.24. The number of carbonyl (C=O) groups excluding carboxylic acids is 1. The molecule has 0 fully saturated rings. The predicted molar refractivity (Wildman–Crippen MR) is 66.3 cm³/mol. The minimum Gasteiger partial charge on any atom is -0.444 e. The first-order chi connectivity index (χ1) is 7.53. The number of hydrogen-bond donors (Lipinski definition) is 1. The van der Waals surface area contributed by atoms with Crippen molar-refractivity contribution in [2.24, 2.45) is 0 Å². The minimum absolute atomic E-state index is 0.0718. The summed E-state index contributed by atoms with van der Waals surface area (Å²) in [4.78, 5) is 11.4. The Hall–Kier alpha value is -1.22. The summed E-state index contributed by atoms with van der Waals surface area (Å²) in [6.45, 7) is 5.19. The molecule has 1 N–H and O–H groups in total. The normalized spacial score (nSPS) is 13.6. The highest BCUT2D eigenvalue weighted by Gasteiger charge is 2.19. The molecule has 0 aliphatic heterocycles. The van der Waals surface area contributed by atoms with E-state index in [9.17, 15) is 13.2 Å². The maximum Gasteiger partial charge on any atom is 0.408 e. The van der Waals surface area contributed by atoms with E-state index in [1.54, 1.807) is 20.8 Å². The van der Waals surface area contributed by atoms with Gasteiger partial charge in [0.05, 0.1) is 11.8 Å². The molecule has 6 heteroatoms. The van der Waals surface area contributed by atoms with Crippen molar-refractivity contribution >= 4 is 15.9 Å². The summed E-state index contributed by atoms with van der Waals surface area (Å²) in [6.07, 6.45) is 5.85. The second-order valence-electron chi connectivity index (χ2n) is 4.78. The first-order valence-electron chi connectivity index (χ1n) is 5.17. The van der Waals surface area contributed by atoms with Crippen LogP contribution in [-0.2, 0) is 14.6 Å². The van der Waals surface area contributed by atoms with Crippen molar-refractivity contribution in [3.05, 3.63) is 0 Å². The van der Waals surface area contributed by atoms with Gasteiger partial charge in [0.2, 0.25) is 0 Å². The van der Waals surface area contributed by atoms with Crippen LogP contribution in [-0.4, -0.2) is 38.2 Å². The maximum atomic E-state index is 11.4. The molecule has 0 aromatic carbocycles. The quantitative estimate of drug-likeness (QED) is 0.765. The monoisotopic (exact) mass is 261 g/mol. The minimum atomic E-state index is -3.09. The van der Waals surface area contributed by atoms with Crippen molar-refractivity contribution in [2.45, 2.75) is 38.8 Å². The van der Waals surface area contributed by atoms with E-state index in [1.165, 1.54) is 0 Å². The summed E-state index contributed by atoms with van der Waals surface area (Å²) >= 11 is 0. The van der Waals surface area contributed by atoms with Gasteiger partial charge >= 0.3 is 6.09 Å². The van der Waals surface area contributed by atoms with Gasteiger partial charge in [-0.3, -0.25) is 0 Å². The standard InChI is InChI=1S/C11H19NO4S/c1-6-9(7-8-17(5,14)15)12-10(13)16-11(2,3)4/h1,9H,7-8H2,2-5H3,(H,12,13). The molecule has 0 aromatic rings. The van der Waals surface area contributed by atoms with Gasteiger partial charge in [0, 0.05) is 6.26 Å². The van der Waals surface area contributed by atoms with Gasteiger partial charge in [-0.2, -0.15) is 0 Å². The van der Waals surface area contributed by atoms with E-state index in [1.807, 2.05) is 0 Å². The molecular weight excluding hydrogens is 242 g/mol. The zero-order valence-electron chi connectivity index (χ0n) is 10.6. The van der Waals surface area contributed by atoms with Gasteiger partial charge in [-0.1, -0.05) is 5.92 Å². The van der Waals surface area contributed by atoms with Crippen LogP contribution in [0.25, 0.3) is 0 Å². The average Bonchev–Trinajstić information content (AvgIpc) is 2.07. The van der Waals surface area contributed by atoms with Crippen LogP contribution in [0.4, 0.5) is 4.79 Å². The molecule has 0 aliphatic rings. The van der Waals surface area contributed by atoms with Gasteiger partial charge in [-0.25, -0.2) is 13.2 Å². The molecule has 17 heavy (non-hydrogen) atoms. The summed E-state index contributed by atoms with van der Waals surface area (Å²) in [5, 5.41) is 2.43. The smallest absolute Gasteiger partial charge is 0.408 e. The van der Waals surface area contributed by atoms with E-state index < -0.39 is 27.6 Å². The Morgan fingerprint density at radius 2 is 2.00 bits per heavy atom. The van der Waals surface area contributed by atoms with Gasteiger partial charge in [0.25, 0.3) is 0 Å². The van der Waals surface area contributed by atoms with Crippen LogP contribution in [0.3, 0.4) is 0 Å². The topological polar surface area (TPSA) is 72.5 Å². The summed E-state index contributed by atoms with van der Waals surface area (Å²) in [5.41, 5.74) is -0.611. The third kappa shape index (κ3) is 9.69. The fourth-order valence-corrected chi connectivity index (χ4v) is 1.64. The van der Waals surface area contributed by atoms with Gasteiger partial charge in [0.1, 0.15) is 15.4 Å². The number of sulfone groups is 1. The lowest BCUT2D eigenvalue weighted by Crippen LogP contribution is -2.39. The second kappa shape index (κ2) is 5.92. The summed E-state index contributed by atoms with van der Waals surface area (Å²) in [7, 11) is -3.09. The Morgan fingerprint density at radius 3 is 2.35 bits per heavy atom. The lowest BCUT2D eigenvalue weighted by atomic mass is 10.2. The lowest BCUT2D eigenvalue weighted by molar-refractivity contribution is 0.0515. The number of ether oxygens (including phenoxy) is 1. The zero-order chi connectivity index (χ0) is 13.7. The van der Waals surface area contributed by atoms with Gasteiger partial charge in [-0.05, 0) is 27.2 Å². The molecule has 0 bridgehead atoms. The van der Waals surface area contributed by atoms with Crippen LogP contribution in [0.2, 0.25) is 0 Å². The highest BCUT2D eigenvalue weighted by molar-refractivity contribution is 7.90. The summed E-state index contributed by atoms with van der Waals surface area (Å²) < 4.78 is 26.9. The van der Waals surface area contributed by atoms with Gasteiger partial charge < -0.3 is 10.1 Å². The fraction of sp³-hybridized carbons (Fsp3) is 0.727. The number of rotatable bonds is 4. The zero-order valence-corrected chi connectivity index (χ0v) is 11.4. The number of alkyl carbamates (subject to hydrolysis) is 1. The molecule has 1 unspecified atom stereocenters. The predicted octanol–water partition coefficient (Wildman–Crippen LogP) is 0.948. The Morgan fingerprint density at radius 1 is 1.47 bits per heavy atom. The Labute approximate surface area is 103 Å². The van der Waals surface area contributed by atoms with Crippen LogP contribution < -0.4 is 5.32 Å². The number of amides is 1. The molecule has 0 radical (unpaired) electrons. The molecular formula is C11H19NO4S. The second-order valence-corrected chi connectivity index (χ2v) is 7.04. The van der Waals surface area contributed by atoms with Crippen molar-refractivity contribution in [1.29, 1.82) is 0 Å². The van der Waals surface area contributed by atoms with E-state index in [0.29, 0.717) is 0 Å². The third-order valence-electron chi connectivity index (χ3n) is 1.67. The van der Waals surface area contributed by atoms with E-state index in [4.69, 9.17) is 11.2 Å². The summed E-state index contributed by atoms with van der Waals surface area (Å²) in [6, 6.07) is -0.639.